The molecule has 0 aromatic heterocycles. The maximum atomic E-state index is 13.5. The molecule has 0 radical (unpaired) electrons. The van der Waals surface area contributed by atoms with Crippen molar-refractivity contribution in [1.82, 2.24) is 0 Å². The zero-order valence-corrected chi connectivity index (χ0v) is 26.1. The van der Waals surface area contributed by atoms with Crippen LogP contribution in [0.5, 0.6) is 11.5 Å². The van der Waals surface area contributed by atoms with Gasteiger partial charge in [-0.1, -0.05) is 66.2 Å². The molecule has 0 atom stereocenters. The van der Waals surface area contributed by atoms with E-state index in [1.54, 1.807) is 56.3 Å². The Kier molecular flexibility index (Phi) is 10.6. The van der Waals surface area contributed by atoms with Gasteiger partial charge in [-0.2, -0.15) is 13.5 Å². The molecule has 40 heavy (non-hydrogen) atoms. The Balaban J connectivity index is 0.00000441. The van der Waals surface area contributed by atoms with E-state index in [2.05, 4.69) is 15.5 Å². The first-order chi connectivity index (χ1) is 18.5. The van der Waals surface area contributed by atoms with Crippen molar-refractivity contribution in [3.63, 3.8) is 0 Å². The number of fused-ring (bicyclic) bond motifs is 1. The van der Waals surface area contributed by atoms with E-state index >= 15 is 0 Å². The summed E-state index contributed by atoms with van der Waals surface area (Å²) in [5.41, 5.74) is -0.0160. The Bertz CT molecular complexity index is 1730. The van der Waals surface area contributed by atoms with E-state index in [4.69, 9.17) is 27.9 Å². The molecule has 0 spiro atoms. The van der Waals surface area contributed by atoms with Crippen LogP contribution in [-0.2, 0) is 16.5 Å². The number of anilines is 1. The van der Waals surface area contributed by atoms with Crippen molar-refractivity contribution in [2.75, 3.05) is 11.9 Å². The SMILES string of the molecule is CCOc1cccc(NC(=O)c2cc3ccccc3c(N=Nc3c(Cl)cc(CC)cc3S(=O)(=O)O)c2[O-])c1Cl.[Na+]. The van der Waals surface area contributed by atoms with Gasteiger partial charge in [-0.25, -0.2) is 0 Å². The number of azo groups is 1. The fourth-order valence-electron chi connectivity index (χ4n) is 3.87. The molecule has 9 nitrogen and oxygen atoms in total. The van der Waals surface area contributed by atoms with Crippen molar-refractivity contribution in [2.24, 2.45) is 10.2 Å². The van der Waals surface area contributed by atoms with E-state index in [9.17, 15) is 22.9 Å². The number of nitrogens with one attached hydrogen (secondary N) is 1. The second-order valence-corrected chi connectivity index (χ2v) is 10.5. The zero-order valence-electron chi connectivity index (χ0n) is 21.7. The van der Waals surface area contributed by atoms with Gasteiger partial charge in [0.2, 0.25) is 0 Å². The summed E-state index contributed by atoms with van der Waals surface area (Å²) in [6.45, 7) is 3.94. The van der Waals surface area contributed by atoms with Crippen molar-refractivity contribution in [3.05, 3.63) is 81.8 Å². The quantitative estimate of drug-likeness (QED) is 0.175. The maximum absolute atomic E-state index is 13.5. The van der Waals surface area contributed by atoms with Gasteiger partial charge in [0.1, 0.15) is 21.4 Å². The molecule has 0 saturated carbocycles. The Morgan fingerprint density at radius 2 is 1.73 bits per heavy atom. The van der Waals surface area contributed by atoms with Gasteiger partial charge in [-0.15, -0.1) is 5.11 Å². The van der Waals surface area contributed by atoms with Gasteiger partial charge in [0.15, 0.2) is 0 Å². The third kappa shape index (κ3) is 6.77. The molecule has 0 unspecified atom stereocenters. The zero-order chi connectivity index (χ0) is 28.3. The predicted molar refractivity (Wildman–Crippen MR) is 149 cm³/mol. The molecule has 1 amide bonds. The van der Waals surface area contributed by atoms with Crippen molar-refractivity contribution < 1.29 is 57.2 Å². The van der Waals surface area contributed by atoms with Crippen LogP contribution in [0.15, 0.2) is 75.8 Å². The molecule has 4 aromatic rings. The minimum absolute atomic E-state index is 0. The van der Waals surface area contributed by atoms with Crippen LogP contribution in [-0.4, -0.2) is 25.5 Å². The minimum atomic E-state index is -4.72. The summed E-state index contributed by atoms with van der Waals surface area (Å²) in [5, 5.41) is 25.0. The van der Waals surface area contributed by atoms with Crippen molar-refractivity contribution in [3.8, 4) is 11.5 Å². The second kappa shape index (κ2) is 13.3. The van der Waals surface area contributed by atoms with Crippen LogP contribution in [0, 0.1) is 0 Å². The van der Waals surface area contributed by atoms with Gasteiger partial charge < -0.3 is 15.2 Å². The number of carbonyl (C=O) groups is 1. The van der Waals surface area contributed by atoms with Gasteiger partial charge in [-0.05, 0) is 54.6 Å². The molecular formula is C27H22Cl2N3NaO6S. The number of aryl methyl sites for hydroxylation is 1. The average molecular weight is 610 g/mol. The van der Waals surface area contributed by atoms with E-state index < -0.39 is 26.7 Å². The molecule has 0 aliphatic rings. The molecule has 0 heterocycles. The smallest absolute Gasteiger partial charge is 0.870 e. The number of hydrogen-bond acceptors (Lipinski definition) is 7. The van der Waals surface area contributed by atoms with E-state index in [0.29, 0.717) is 35.1 Å². The monoisotopic (exact) mass is 609 g/mol. The molecule has 2 N–H and O–H groups in total. The van der Waals surface area contributed by atoms with E-state index in [0.717, 1.165) is 0 Å². The Hall–Kier alpha value is -2.70. The van der Waals surface area contributed by atoms with Crippen molar-refractivity contribution >= 4 is 67.1 Å². The number of ether oxygens (including phenoxy) is 1. The van der Waals surface area contributed by atoms with Gasteiger partial charge >= 0.3 is 29.6 Å². The fraction of sp³-hybridized carbons (Fsp3) is 0.148. The van der Waals surface area contributed by atoms with Gasteiger partial charge in [0.25, 0.3) is 16.0 Å². The van der Waals surface area contributed by atoms with Gasteiger partial charge in [0.05, 0.1) is 23.0 Å². The van der Waals surface area contributed by atoms with Crippen LogP contribution in [0.1, 0.15) is 29.8 Å². The molecule has 4 aromatic carbocycles. The number of carbonyl (C=O) groups excluding carboxylic acids is 1. The number of rotatable bonds is 8. The molecular weight excluding hydrogens is 588 g/mol. The first-order valence-electron chi connectivity index (χ1n) is 11.7. The van der Waals surface area contributed by atoms with Crippen LogP contribution < -0.4 is 44.7 Å². The average Bonchev–Trinajstić information content (AvgIpc) is 2.90. The van der Waals surface area contributed by atoms with Gasteiger partial charge in [0, 0.05) is 10.9 Å². The molecule has 202 valence electrons. The van der Waals surface area contributed by atoms with Crippen LogP contribution in [0.25, 0.3) is 10.8 Å². The largest absolute Gasteiger partial charge is 1.00 e. The molecule has 0 bridgehead atoms. The number of halogens is 2. The Labute approximate surface area is 263 Å². The summed E-state index contributed by atoms with van der Waals surface area (Å²) in [6.07, 6.45) is 0.448. The third-order valence-corrected chi connectivity index (χ3v) is 7.30. The third-order valence-electron chi connectivity index (χ3n) is 5.76. The second-order valence-electron chi connectivity index (χ2n) is 8.28. The van der Waals surface area contributed by atoms with Gasteiger partial charge in [-0.3, -0.25) is 9.35 Å². The number of hydrogen-bond donors (Lipinski definition) is 2. The van der Waals surface area contributed by atoms with Crippen LogP contribution in [0.4, 0.5) is 17.1 Å². The first kappa shape index (κ1) is 31.8. The van der Waals surface area contributed by atoms with E-state index in [-0.39, 0.29) is 62.2 Å². The topological polar surface area (TPSA) is 140 Å². The fourth-order valence-corrected chi connectivity index (χ4v) is 5.13. The molecule has 0 aliphatic heterocycles. The van der Waals surface area contributed by atoms with Crippen LogP contribution in [0.2, 0.25) is 10.0 Å². The van der Waals surface area contributed by atoms with E-state index in [1.165, 1.54) is 18.2 Å². The standard InChI is InChI=1S/C27H23Cl2N3O6S.Na/c1-3-15-12-19(28)25(22(13-15)39(35,36)37)32-31-24-17-9-6-5-8-16(17)14-18(26(24)33)27(34)30-20-10-7-11-21(23(20)29)38-4-2;/h5-14,33H,3-4H2,1-2H3,(H,30,34)(H,35,36,37);/q;+1/p-1. The molecule has 13 heteroatoms. The summed E-state index contributed by atoms with van der Waals surface area (Å²) >= 11 is 12.6. The first-order valence-corrected chi connectivity index (χ1v) is 13.9. The summed E-state index contributed by atoms with van der Waals surface area (Å²) in [7, 11) is -4.72. The normalized spacial score (nSPS) is 11.4. The number of amides is 1. The summed E-state index contributed by atoms with van der Waals surface area (Å²) in [6, 6.07) is 15.7. The van der Waals surface area contributed by atoms with Crippen LogP contribution in [0.3, 0.4) is 0 Å². The Morgan fingerprint density at radius 3 is 2.40 bits per heavy atom. The summed E-state index contributed by atoms with van der Waals surface area (Å²) < 4.78 is 39.3. The molecule has 4 rings (SSSR count). The summed E-state index contributed by atoms with van der Waals surface area (Å²) in [4.78, 5) is 12.7. The number of benzene rings is 4. The van der Waals surface area contributed by atoms with Crippen molar-refractivity contribution in [1.29, 1.82) is 0 Å². The maximum Gasteiger partial charge on any atom is 1.00 e. The van der Waals surface area contributed by atoms with E-state index in [1.807, 2.05) is 0 Å². The van der Waals surface area contributed by atoms with Crippen molar-refractivity contribution in [2.45, 2.75) is 25.2 Å². The molecule has 0 saturated heterocycles. The van der Waals surface area contributed by atoms with Crippen LogP contribution >= 0.6 is 23.2 Å². The summed E-state index contributed by atoms with van der Waals surface area (Å²) in [5.74, 6) is -1.14. The minimum Gasteiger partial charge on any atom is -0.870 e. The molecule has 0 aliphatic carbocycles. The molecule has 0 fully saturated rings. The Morgan fingerprint density at radius 1 is 1.02 bits per heavy atom. The number of nitrogens with zero attached hydrogens (tertiary/aromatic N) is 2. The predicted octanol–water partition coefficient (Wildman–Crippen LogP) is 4.10.